The van der Waals surface area contributed by atoms with E-state index in [0.717, 1.165) is 31.1 Å². The van der Waals surface area contributed by atoms with Crippen LogP contribution < -0.4 is 11.1 Å². The molecular formula is C22H26FN5O. The molecule has 2 aromatic rings. The van der Waals surface area contributed by atoms with Crippen LogP contribution >= 0.6 is 0 Å². The molecule has 3 heterocycles. The third kappa shape index (κ3) is 3.60. The number of piperidine rings is 1. The first-order valence-electron chi connectivity index (χ1n) is 10.2. The Hall–Kier alpha value is -2.51. The molecule has 152 valence electrons. The molecule has 2 aliphatic heterocycles. The number of nitrogens with zero attached hydrogens (tertiary/aromatic N) is 3. The van der Waals surface area contributed by atoms with Gasteiger partial charge in [-0.3, -0.25) is 4.79 Å². The van der Waals surface area contributed by atoms with Crippen LogP contribution in [0, 0.1) is 29.5 Å². The second kappa shape index (κ2) is 7.07. The van der Waals surface area contributed by atoms with Gasteiger partial charge in [-0.25, -0.2) is 9.37 Å². The van der Waals surface area contributed by atoms with Gasteiger partial charge in [0.05, 0.1) is 11.4 Å². The molecule has 0 radical (unpaired) electrons. The number of benzene rings is 1. The lowest BCUT2D eigenvalue weighted by Crippen LogP contribution is -2.49. The molecule has 3 N–H and O–H groups in total. The number of fused-ring (bicyclic) bond motifs is 1. The van der Waals surface area contributed by atoms with E-state index in [0.29, 0.717) is 29.0 Å². The summed E-state index contributed by atoms with van der Waals surface area (Å²) in [6.45, 7) is 5.55. The summed E-state index contributed by atoms with van der Waals surface area (Å²) < 4.78 is 13.2. The Morgan fingerprint density at radius 2 is 1.83 bits per heavy atom. The number of nitrogen functional groups attached to an aromatic ring is 1. The molecule has 29 heavy (non-hydrogen) atoms. The van der Waals surface area contributed by atoms with Crippen molar-refractivity contribution >= 4 is 17.4 Å². The first-order valence-corrected chi connectivity index (χ1v) is 10.2. The van der Waals surface area contributed by atoms with Crippen LogP contribution in [0.1, 0.15) is 0 Å². The zero-order chi connectivity index (χ0) is 20.1. The minimum absolute atomic E-state index is 0.0125. The van der Waals surface area contributed by atoms with Crippen LogP contribution in [-0.2, 0) is 4.79 Å². The summed E-state index contributed by atoms with van der Waals surface area (Å²) in [6.07, 6.45) is 0. The molecule has 2 saturated heterocycles. The quantitative estimate of drug-likeness (QED) is 0.812. The molecule has 3 atom stereocenters. The number of nitrogens with two attached hydrogens (primary N) is 1. The van der Waals surface area contributed by atoms with Gasteiger partial charge in [0.15, 0.2) is 5.82 Å². The molecule has 7 heteroatoms. The smallest absolute Gasteiger partial charge is 0.229 e. The summed E-state index contributed by atoms with van der Waals surface area (Å²) in [4.78, 5) is 22.1. The molecular weight excluding hydrogens is 369 g/mol. The maximum Gasteiger partial charge on any atom is 0.229 e. The number of pyridine rings is 1. The van der Waals surface area contributed by atoms with Crippen molar-refractivity contribution in [1.82, 2.24) is 14.8 Å². The Kier molecular flexibility index (Phi) is 4.52. The average molecular weight is 395 g/mol. The molecule has 0 bridgehead atoms. The molecule has 3 aliphatic rings. The molecule has 0 spiro atoms. The van der Waals surface area contributed by atoms with Crippen LogP contribution in [-0.4, -0.2) is 60.5 Å². The highest BCUT2D eigenvalue weighted by atomic mass is 19.1. The van der Waals surface area contributed by atoms with Crippen molar-refractivity contribution in [3.05, 3.63) is 42.2 Å². The summed E-state index contributed by atoms with van der Waals surface area (Å²) >= 11 is 0. The fourth-order valence-corrected chi connectivity index (χ4v) is 5.01. The number of rotatable bonds is 5. The zero-order valence-corrected chi connectivity index (χ0v) is 16.5. The summed E-state index contributed by atoms with van der Waals surface area (Å²) in [7, 11) is 2.16. The SMILES string of the molecule is CN1CC(CN2C[C@@H]3[C@H](C2)[C@H]3C(=O)Nc2nc(-c3ccc(F)cc3)ccc2N)C1. The fourth-order valence-electron chi connectivity index (χ4n) is 5.01. The van der Waals surface area contributed by atoms with Crippen LogP contribution in [0.15, 0.2) is 36.4 Å². The number of anilines is 2. The highest BCUT2D eigenvalue weighted by Crippen LogP contribution is 2.52. The van der Waals surface area contributed by atoms with Crippen molar-refractivity contribution < 1.29 is 9.18 Å². The van der Waals surface area contributed by atoms with Gasteiger partial charge in [0.25, 0.3) is 0 Å². The third-order valence-corrected chi connectivity index (χ3v) is 6.54. The van der Waals surface area contributed by atoms with Crippen molar-refractivity contribution in [2.75, 3.05) is 50.8 Å². The lowest BCUT2D eigenvalue weighted by atomic mass is 10.0. The summed E-state index contributed by atoms with van der Waals surface area (Å²) in [5.74, 6) is 1.85. The van der Waals surface area contributed by atoms with Gasteiger partial charge in [0.2, 0.25) is 5.91 Å². The first kappa shape index (κ1) is 18.5. The molecule has 3 fully saturated rings. The van der Waals surface area contributed by atoms with Crippen LogP contribution in [0.3, 0.4) is 0 Å². The van der Waals surface area contributed by atoms with Crippen LogP contribution in [0.4, 0.5) is 15.9 Å². The molecule has 1 aromatic heterocycles. The lowest BCUT2D eigenvalue weighted by Gasteiger charge is -2.38. The standard InChI is InChI=1S/C22H26FN5O/c1-27-8-13(9-27)10-28-11-16-17(12-28)20(16)22(29)26-21-18(24)6-7-19(25-21)14-2-4-15(23)5-3-14/h2-7,13,16-17,20H,8-12,24H2,1H3,(H,25,26,29)/t16-,17+,20+. The Balaban J connectivity index is 1.20. The monoisotopic (exact) mass is 395 g/mol. The van der Waals surface area contributed by atoms with Gasteiger partial charge in [0, 0.05) is 44.2 Å². The van der Waals surface area contributed by atoms with E-state index in [-0.39, 0.29) is 17.6 Å². The first-order chi connectivity index (χ1) is 14.0. The summed E-state index contributed by atoms with van der Waals surface area (Å²) in [5.41, 5.74) is 7.91. The number of amides is 1. The molecule has 1 aromatic carbocycles. The Bertz CT molecular complexity index is 915. The summed E-state index contributed by atoms with van der Waals surface area (Å²) in [6, 6.07) is 9.62. The molecule has 1 amide bonds. The number of hydrogen-bond acceptors (Lipinski definition) is 5. The highest BCUT2D eigenvalue weighted by Gasteiger charge is 2.59. The van der Waals surface area contributed by atoms with E-state index < -0.39 is 0 Å². The Morgan fingerprint density at radius 3 is 2.48 bits per heavy atom. The van der Waals surface area contributed by atoms with Gasteiger partial charge in [-0.05, 0) is 61.2 Å². The maximum atomic E-state index is 13.2. The third-order valence-electron chi connectivity index (χ3n) is 6.54. The predicted molar refractivity (Wildman–Crippen MR) is 111 cm³/mol. The van der Waals surface area contributed by atoms with Crippen LogP contribution in [0.5, 0.6) is 0 Å². The highest BCUT2D eigenvalue weighted by molar-refractivity contribution is 5.96. The van der Waals surface area contributed by atoms with E-state index in [1.807, 2.05) is 0 Å². The van der Waals surface area contributed by atoms with Gasteiger partial charge in [0.1, 0.15) is 5.82 Å². The van der Waals surface area contributed by atoms with Gasteiger partial charge in [-0.2, -0.15) is 0 Å². The number of halogens is 1. The maximum absolute atomic E-state index is 13.2. The topological polar surface area (TPSA) is 74.5 Å². The number of hydrogen-bond donors (Lipinski definition) is 2. The number of aromatic nitrogens is 1. The van der Waals surface area contributed by atoms with E-state index in [1.165, 1.54) is 25.2 Å². The molecule has 6 nitrogen and oxygen atoms in total. The Morgan fingerprint density at radius 1 is 1.14 bits per heavy atom. The second-order valence-electron chi connectivity index (χ2n) is 8.79. The van der Waals surface area contributed by atoms with Crippen molar-refractivity contribution in [3.8, 4) is 11.3 Å². The van der Waals surface area contributed by atoms with Gasteiger partial charge in [-0.1, -0.05) is 0 Å². The van der Waals surface area contributed by atoms with E-state index in [2.05, 4.69) is 27.1 Å². The Labute approximate surface area is 169 Å². The predicted octanol–water partition coefficient (Wildman–Crippen LogP) is 2.15. The number of carbonyl (C=O) groups is 1. The van der Waals surface area contributed by atoms with E-state index >= 15 is 0 Å². The minimum atomic E-state index is -0.295. The zero-order valence-electron chi connectivity index (χ0n) is 16.5. The van der Waals surface area contributed by atoms with Crippen molar-refractivity contribution in [3.63, 3.8) is 0 Å². The van der Waals surface area contributed by atoms with Crippen molar-refractivity contribution in [2.24, 2.45) is 23.7 Å². The molecule has 1 saturated carbocycles. The van der Waals surface area contributed by atoms with Crippen molar-refractivity contribution in [2.45, 2.75) is 0 Å². The normalized spacial score (nSPS) is 26.8. The average Bonchev–Trinajstić information content (AvgIpc) is 3.19. The number of nitrogens with one attached hydrogen (secondary N) is 1. The van der Waals surface area contributed by atoms with Crippen LogP contribution in [0.2, 0.25) is 0 Å². The van der Waals surface area contributed by atoms with Crippen LogP contribution in [0.25, 0.3) is 11.3 Å². The van der Waals surface area contributed by atoms with E-state index in [9.17, 15) is 9.18 Å². The summed E-state index contributed by atoms with van der Waals surface area (Å²) in [5, 5.41) is 2.93. The van der Waals surface area contributed by atoms with Gasteiger partial charge in [-0.15, -0.1) is 0 Å². The van der Waals surface area contributed by atoms with Crippen molar-refractivity contribution in [1.29, 1.82) is 0 Å². The van der Waals surface area contributed by atoms with E-state index in [4.69, 9.17) is 5.73 Å². The largest absolute Gasteiger partial charge is 0.396 e. The lowest BCUT2D eigenvalue weighted by molar-refractivity contribution is -0.118. The second-order valence-corrected chi connectivity index (χ2v) is 8.79. The fraction of sp³-hybridized carbons (Fsp3) is 0.455. The molecule has 1 aliphatic carbocycles. The van der Waals surface area contributed by atoms with Gasteiger partial charge < -0.3 is 20.9 Å². The van der Waals surface area contributed by atoms with E-state index in [1.54, 1.807) is 24.3 Å². The molecule has 5 rings (SSSR count). The molecule has 0 unspecified atom stereocenters. The number of likely N-dealkylation sites (tertiary alicyclic amines) is 2. The van der Waals surface area contributed by atoms with Gasteiger partial charge >= 0.3 is 0 Å². The minimum Gasteiger partial charge on any atom is -0.396 e. The number of carbonyl (C=O) groups excluding carboxylic acids is 1.